The second-order valence-electron chi connectivity index (χ2n) is 4.33. The minimum Gasteiger partial charge on any atom is -0.264 e. The topological polar surface area (TPSA) is 12.9 Å². The fourth-order valence-electron chi connectivity index (χ4n) is 2.90. The van der Waals surface area contributed by atoms with E-state index in [4.69, 9.17) is 0 Å². The summed E-state index contributed by atoms with van der Waals surface area (Å²) in [5.74, 6) is 2.47. The number of benzene rings is 1. The van der Waals surface area contributed by atoms with Crippen LogP contribution < -0.4 is 0 Å². The highest BCUT2D eigenvalue weighted by Gasteiger charge is 2.35. The Bertz CT molecular complexity index is 511. The summed E-state index contributed by atoms with van der Waals surface area (Å²) >= 11 is 0. The van der Waals surface area contributed by atoms with Crippen LogP contribution in [0.2, 0.25) is 0 Å². The lowest BCUT2D eigenvalue weighted by Crippen LogP contribution is -2.04. The van der Waals surface area contributed by atoms with Crippen molar-refractivity contribution in [2.45, 2.75) is 23.6 Å². The van der Waals surface area contributed by atoms with E-state index >= 15 is 0 Å². The van der Waals surface area contributed by atoms with E-state index in [1.54, 1.807) is 9.79 Å². The second kappa shape index (κ2) is 3.88. The molecule has 1 aliphatic heterocycles. The van der Waals surface area contributed by atoms with Crippen LogP contribution in [0.1, 0.15) is 13.8 Å². The number of aromatic nitrogens is 1. The molecule has 0 N–H and O–H groups in total. The van der Waals surface area contributed by atoms with Crippen LogP contribution in [0.4, 0.5) is 0 Å². The highest BCUT2D eigenvalue weighted by atomic mass is 32.3. The van der Waals surface area contributed by atoms with E-state index < -0.39 is 10.0 Å². The fraction of sp³-hybridized carbons (Fsp3) is 0.267. The summed E-state index contributed by atoms with van der Waals surface area (Å²) in [5, 5.41) is 0. The van der Waals surface area contributed by atoms with Gasteiger partial charge in [0.2, 0.25) is 0 Å². The number of pyridine rings is 1. The van der Waals surface area contributed by atoms with Crippen LogP contribution in [-0.4, -0.2) is 16.5 Å². The number of hydrogen-bond acceptors (Lipinski definition) is 1. The number of rotatable bonds is 2. The summed E-state index contributed by atoms with van der Waals surface area (Å²) in [6.45, 7) is 4.65. The molecule has 0 bridgehead atoms. The molecule has 0 unspecified atom stereocenters. The van der Waals surface area contributed by atoms with Gasteiger partial charge < -0.3 is 0 Å². The van der Waals surface area contributed by atoms with Crippen LogP contribution in [0.5, 0.6) is 0 Å². The predicted octanol–water partition coefficient (Wildman–Crippen LogP) is 4.32. The number of nitrogens with zero attached hydrogens (tertiary/aromatic N) is 1. The van der Waals surface area contributed by atoms with Gasteiger partial charge in [-0.3, -0.25) is 4.98 Å². The Balaban J connectivity index is 2.38. The largest absolute Gasteiger partial charge is 0.264 e. The van der Waals surface area contributed by atoms with Crippen molar-refractivity contribution in [1.82, 2.24) is 4.98 Å². The lowest BCUT2D eigenvalue weighted by molar-refractivity contribution is 1.25. The quantitative estimate of drug-likeness (QED) is 0.765. The smallest absolute Gasteiger partial charge is 0.0357 e. The molecule has 0 radical (unpaired) electrons. The molecule has 1 nitrogen and oxygen atoms in total. The number of fused-ring (bicyclic) bond motifs is 3. The predicted molar refractivity (Wildman–Crippen MR) is 74.9 cm³/mol. The van der Waals surface area contributed by atoms with Crippen LogP contribution in [0.25, 0.3) is 11.1 Å². The van der Waals surface area contributed by atoms with Gasteiger partial charge in [-0.05, 0) is 29.2 Å². The molecule has 17 heavy (non-hydrogen) atoms. The third-order valence-corrected chi connectivity index (χ3v) is 8.15. The maximum Gasteiger partial charge on any atom is 0.0357 e. The van der Waals surface area contributed by atoms with Gasteiger partial charge in [-0.2, -0.15) is 10.0 Å². The third kappa shape index (κ3) is 1.31. The molecule has 0 saturated carbocycles. The second-order valence-corrected chi connectivity index (χ2v) is 8.13. The normalized spacial score (nSPS) is 17.3. The Morgan fingerprint density at radius 3 is 2.41 bits per heavy atom. The van der Waals surface area contributed by atoms with Gasteiger partial charge in [0, 0.05) is 27.7 Å². The van der Waals surface area contributed by atoms with Crippen LogP contribution in [0.15, 0.2) is 52.5 Å². The Hall–Kier alpha value is -1.28. The molecule has 0 aliphatic carbocycles. The molecule has 2 aromatic rings. The summed E-state index contributed by atoms with van der Waals surface area (Å²) in [6, 6.07) is 11.1. The van der Waals surface area contributed by atoms with E-state index in [9.17, 15) is 0 Å². The molecular weight excluding hydrogens is 226 g/mol. The first-order valence-electron chi connectivity index (χ1n) is 6.15. The van der Waals surface area contributed by atoms with Crippen molar-refractivity contribution in [2.24, 2.45) is 0 Å². The van der Waals surface area contributed by atoms with E-state index in [-0.39, 0.29) is 0 Å². The molecule has 88 valence electrons. The lowest BCUT2D eigenvalue weighted by Gasteiger charge is -2.35. The molecule has 1 aromatic heterocycles. The molecule has 1 aromatic carbocycles. The van der Waals surface area contributed by atoms with Gasteiger partial charge in [0.15, 0.2) is 0 Å². The fourth-order valence-corrected chi connectivity index (χ4v) is 6.63. The monoisotopic (exact) mass is 243 g/mol. The Labute approximate surface area is 104 Å². The van der Waals surface area contributed by atoms with Crippen LogP contribution in [0, 0.1) is 0 Å². The Morgan fingerprint density at radius 1 is 0.941 bits per heavy atom. The highest BCUT2D eigenvalue weighted by molar-refractivity contribution is 8.34. The summed E-state index contributed by atoms with van der Waals surface area (Å²) in [7, 11) is -0.796. The van der Waals surface area contributed by atoms with Gasteiger partial charge in [-0.1, -0.05) is 32.0 Å². The van der Waals surface area contributed by atoms with Crippen molar-refractivity contribution in [2.75, 3.05) is 11.5 Å². The molecule has 3 rings (SSSR count). The molecular formula is C15H17NS. The van der Waals surface area contributed by atoms with Gasteiger partial charge in [-0.25, -0.2) is 0 Å². The van der Waals surface area contributed by atoms with Crippen molar-refractivity contribution >= 4 is 10.0 Å². The minimum absolute atomic E-state index is 0.796. The van der Waals surface area contributed by atoms with Gasteiger partial charge in [0.1, 0.15) is 0 Å². The number of hydrogen-bond donors (Lipinski definition) is 0. The Kier molecular flexibility index (Phi) is 2.48. The van der Waals surface area contributed by atoms with Crippen molar-refractivity contribution in [1.29, 1.82) is 0 Å². The lowest BCUT2D eigenvalue weighted by atomic mass is 10.1. The van der Waals surface area contributed by atoms with E-state index in [0.717, 1.165) is 0 Å². The maximum atomic E-state index is 4.30. The van der Waals surface area contributed by atoms with Gasteiger partial charge in [-0.15, -0.1) is 0 Å². The molecule has 0 amide bonds. The van der Waals surface area contributed by atoms with Crippen molar-refractivity contribution in [3.05, 3.63) is 42.7 Å². The first kappa shape index (κ1) is 10.8. The van der Waals surface area contributed by atoms with Crippen LogP contribution in [0.3, 0.4) is 0 Å². The van der Waals surface area contributed by atoms with Gasteiger partial charge in [0.25, 0.3) is 0 Å². The zero-order valence-corrected chi connectivity index (χ0v) is 11.1. The van der Waals surface area contributed by atoms with E-state index in [1.807, 2.05) is 12.4 Å². The average molecular weight is 243 g/mol. The van der Waals surface area contributed by atoms with Crippen molar-refractivity contribution < 1.29 is 0 Å². The summed E-state index contributed by atoms with van der Waals surface area (Å²) in [4.78, 5) is 7.41. The molecule has 0 spiro atoms. The zero-order chi connectivity index (χ0) is 11.9. The first-order valence-corrected chi connectivity index (χ1v) is 8.13. The molecule has 2 heteroatoms. The summed E-state index contributed by atoms with van der Waals surface area (Å²) in [6.07, 6.45) is 3.98. The molecule has 0 fully saturated rings. The van der Waals surface area contributed by atoms with Crippen molar-refractivity contribution in [3.8, 4) is 11.1 Å². The minimum atomic E-state index is -0.796. The third-order valence-electron chi connectivity index (χ3n) is 3.79. The molecule has 0 atom stereocenters. The average Bonchev–Trinajstić information content (AvgIpc) is 2.70. The SMILES string of the molecule is CCS1(CC)c2ccccc2-c2cnccc21. The van der Waals surface area contributed by atoms with E-state index in [0.29, 0.717) is 0 Å². The molecule has 0 saturated heterocycles. The van der Waals surface area contributed by atoms with E-state index in [1.165, 1.54) is 22.6 Å². The standard InChI is InChI=1S/C15H17NS/c1-3-17(4-2)14-8-6-5-7-12(14)13-11-16-10-9-15(13)17/h5-11H,3-4H2,1-2H3. The Morgan fingerprint density at radius 2 is 1.65 bits per heavy atom. The summed E-state index contributed by atoms with van der Waals surface area (Å²) < 4.78 is 0. The maximum absolute atomic E-state index is 4.30. The molecule has 1 aliphatic rings. The summed E-state index contributed by atoms with van der Waals surface area (Å²) in [5.41, 5.74) is 2.77. The highest BCUT2D eigenvalue weighted by Crippen LogP contribution is 2.70. The molecule has 2 heterocycles. The van der Waals surface area contributed by atoms with Crippen molar-refractivity contribution in [3.63, 3.8) is 0 Å². The van der Waals surface area contributed by atoms with Crippen LogP contribution >= 0.6 is 10.0 Å². The first-order chi connectivity index (χ1) is 8.33. The van der Waals surface area contributed by atoms with E-state index in [2.05, 4.69) is 49.2 Å². The van der Waals surface area contributed by atoms with Gasteiger partial charge >= 0.3 is 0 Å². The van der Waals surface area contributed by atoms with Gasteiger partial charge in [0.05, 0.1) is 0 Å². The van der Waals surface area contributed by atoms with Crippen LogP contribution in [-0.2, 0) is 0 Å². The zero-order valence-electron chi connectivity index (χ0n) is 10.3.